The minimum atomic E-state index is -0.779. The molecule has 1 aromatic heterocycles. The van der Waals surface area contributed by atoms with Crippen LogP contribution >= 0.6 is 0 Å². The average molecular weight is 501 g/mol. The smallest absolute Gasteiger partial charge is 0.295 e. The van der Waals surface area contributed by atoms with Crippen LogP contribution in [0.1, 0.15) is 55.8 Å². The van der Waals surface area contributed by atoms with E-state index in [4.69, 9.17) is 9.47 Å². The average Bonchev–Trinajstić information content (AvgIpc) is 3.17. The molecule has 1 aliphatic rings. The molecule has 1 unspecified atom stereocenters. The molecule has 7 nitrogen and oxygen atoms in total. The van der Waals surface area contributed by atoms with Gasteiger partial charge in [0.05, 0.1) is 24.8 Å². The Labute approximate surface area is 217 Å². The molecule has 37 heavy (non-hydrogen) atoms. The zero-order chi connectivity index (χ0) is 26.2. The van der Waals surface area contributed by atoms with E-state index < -0.39 is 17.7 Å². The SMILES string of the molecule is CCCCCOc1cccc(C2C(=C(O)c3ccc(OCC)cc3)C(=O)C(=O)N2Cc2ccncc2)c1. The first kappa shape index (κ1) is 25.9. The third-order valence-corrected chi connectivity index (χ3v) is 6.27. The Balaban J connectivity index is 1.75. The number of amides is 1. The molecule has 0 aliphatic carbocycles. The van der Waals surface area contributed by atoms with Gasteiger partial charge in [0.2, 0.25) is 0 Å². The summed E-state index contributed by atoms with van der Waals surface area (Å²) in [7, 11) is 0. The van der Waals surface area contributed by atoms with E-state index in [0.717, 1.165) is 24.8 Å². The number of carbonyl (C=O) groups is 2. The normalized spacial score (nSPS) is 16.7. The van der Waals surface area contributed by atoms with Crippen LogP contribution in [0.15, 0.2) is 78.6 Å². The van der Waals surface area contributed by atoms with Gasteiger partial charge in [-0.15, -0.1) is 0 Å². The summed E-state index contributed by atoms with van der Waals surface area (Å²) in [5.74, 6) is -0.299. The van der Waals surface area contributed by atoms with Crippen molar-refractivity contribution in [2.75, 3.05) is 13.2 Å². The van der Waals surface area contributed by atoms with Crippen LogP contribution in [0.3, 0.4) is 0 Å². The van der Waals surface area contributed by atoms with Gasteiger partial charge >= 0.3 is 0 Å². The summed E-state index contributed by atoms with van der Waals surface area (Å²) < 4.78 is 11.4. The summed E-state index contributed by atoms with van der Waals surface area (Å²) >= 11 is 0. The first-order chi connectivity index (χ1) is 18.0. The number of pyridine rings is 1. The molecule has 1 N–H and O–H groups in total. The molecule has 2 aromatic carbocycles. The van der Waals surface area contributed by atoms with Crippen LogP contribution < -0.4 is 9.47 Å². The van der Waals surface area contributed by atoms with Gasteiger partial charge in [0, 0.05) is 24.5 Å². The summed E-state index contributed by atoms with van der Waals surface area (Å²) in [6.07, 6.45) is 6.41. The summed E-state index contributed by atoms with van der Waals surface area (Å²) in [5.41, 5.74) is 2.00. The zero-order valence-corrected chi connectivity index (χ0v) is 21.2. The maximum absolute atomic E-state index is 13.3. The number of aliphatic hydroxyl groups excluding tert-OH is 1. The largest absolute Gasteiger partial charge is 0.507 e. The molecule has 0 radical (unpaired) electrons. The number of carbonyl (C=O) groups excluding carboxylic acids is 2. The maximum atomic E-state index is 13.3. The van der Waals surface area contributed by atoms with Gasteiger partial charge in [0.25, 0.3) is 11.7 Å². The Morgan fingerprint density at radius 3 is 2.41 bits per heavy atom. The lowest BCUT2D eigenvalue weighted by Crippen LogP contribution is -2.29. The predicted molar refractivity (Wildman–Crippen MR) is 141 cm³/mol. The van der Waals surface area contributed by atoms with Crippen LogP contribution in [0, 0.1) is 0 Å². The quantitative estimate of drug-likeness (QED) is 0.158. The second-order valence-corrected chi connectivity index (χ2v) is 8.87. The fourth-order valence-electron chi connectivity index (χ4n) is 4.42. The molecule has 3 aromatic rings. The summed E-state index contributed by atoms with van der Waals surface area (Å²) in [5, 5.41) is 11.3. The van der Waals surface area contributed by atoms with Crippen LogP contribution in [0.5, 0.6) is 11.5 Å². The van der Waals surface area contributed by atoms with Gasteiger partial charge in [-0.05, 0) is 73.0 Å². The van der Waals surface area contributed by atoms with E-state index in [1.165, 1.54) is 4.90 Å². The van der Waals surface area contributed by atoms with Crippen molar-refractivity contribution in [3.05, 3.63) is 95.3 Å². The lowest BCUT2D eigenvalue weighted by Gasteiger charge is -2.26. The molecule has 2 heterocycles. The number of nitrogens with zero attached hydrogens (tertiary/aromatic N) is 2. The monoisotopic (exact) mass is 500 g/mol. The third-order valence-electron chi connectivity index (χ3n) is 6.27. The first-order valence-electron chi connectivity index (χ1n) is 12.7. The van der Waals surface area contributed by atoms with Gasteiger partial charge in [-0.1, -0.05) is 31.9 Å². The second kappa shape index (κ2) is 12.2. The molecule has 0 bridgehead atoms. The van der Waals surface area contributed by atoms with E-state index in [-0.39, 0.29) is 17.9 Å². The van der Waals surface area contributed by atoms with Crippen LogP contribution in [-0.2, 0) is 16.1 Å². The standard InChI is InChI=1S/C30H32N2O5/c1-3-5-6-18-37-25-9-7-8-23(19-25)27-26(28(33)22-10-12-24(13-11-22)36-4-2)29(34)30(35)32(27)20-21-14-16-31-17-15-21/h7-17,19,27,33H,3-6,18,20H2,1-2H3. The van der Waals surface area contributed by atoms with E-state index in [1.54, 1.807) is 48.8 Å². The second-order valence-electron chi connectivity index (χ2n) is 8.87. The number of Topliss-reactive ketones (excluding diaryl/α,β-unsaturated/α-hetero) is 1. The molecule has 4 rings (SSSR count). The van der Waals surface area contributed by atoms with Crippen LogP contribution in [-0.4, -0.2) is 39.9 Å². The van der Waals surface area contributed by atoms with E-state index in [1.807, 2.05) is 31.2 Å². The Bertz CT molecular complexity index is 1250. The Hall–Kier alpha value is -4.13. The molecule has 0 saturated carbocycles. The Morgan fingerprint density at radius 2 is 1.70 bits per heavy atom. The number of benzene rings is 2. The van der Waals surface area contributed by atoms with Crippen molar-refractivity contribution in [3.8, 4) is 11.5 Å². The number of aromatic nitrogens is 1. The molecule has 192 valence electrons. The van der Waals surface area contributed by atoms with Crippen LogP contribution in [0.4, 0.5) is 0 Å². The van der Waals surface area contributed by atoms with E-state index in [0.29, 0.717) is 35.8 Å². The fourth-order valence-corrected chi connectivity index (χ4v) is 4.42. The topological polar surface area (TPSA) is 89.0 Å². The summed E-state index contributed by atoms with van der Waals surface area (Å²) in [4.78, 5) is 32.1. The van der Waals surface area contributed by atoms with Crippen molar-refractivity contribution in [3.63, 3.8) is 0 Å². The number of unbranched alkanes of at least 4 members (excludes halogenated alkanes) is 2. The number of ketones is 1. The molecule has 1 saturated heterocycles. The Morgan fingerprint density at radius 1 is 0.946 bits per heavy atom. The number of rotatable bonds is 11. The molecule has 1 atom stereocenters. The zero-order valence-electron chi connectivity index (χ0n) is 21.2. The molecule has 1 amide bonds. The van der Waals surface area contributed by atoms with Crippen molar-refractivity contribution < 1.29 is 24.2 Å². The number of aliphatic hydroxyl groups is 1. The Kier molecular flexibility index (Phi) is 8.56. The fraction of sp³-hybridized carbons (Fsp3) is 0.300. The number of hydrogen-bond donors (Lipinski definition) is 1. The van der Waals surface area contributed by atoms with Gasteiger partial charge in [0.15, 0.2) is 0 Å². The van der Waals surface area contributed by atoms with Crippen molar-refractivity contribution in [2.24, 2.45) is 0 Å². The summed E-state index contributed by atoms with van der Waals surface area (Å²) in [6, 6.07) is 17.0. The molecular formula is C30H32N2O5. The number of likely N-dealkylation sites (tertiary alicyclic amines) is 1. The van der Waals surface area contributed by atoms with Gasteiger partial charge in [0.1, 0.15) is 17.3 Å². The highest BCUT2D eigenvalue weighted by Crippen LogP contribution is 2.41. The molecule has 1 aliphatic heterocycles. The first-order valence-corrected chi connectivity index (χ1v) is 12.7. The van der Waals surface area contributed by atoms with E-state index >= 15 is 0 Å². The van der Waals surface area contributed by atoms with Gasteiger partial charge in [-0.2, -0.15) is 0 Å². The van der Waals surface area contributed by atoms with Crippen LogP contribution in [0.25, 0.3) is 5.76 Å². The highest BCUT2D eigenvalue weighted by Gasteiger charge is 2.46. The van der Waals surface area contributed by atoms with Crippen molar-refractivity contribution >= 4 is 17.4 Å². The summed E-state index contributed by atoms with van der Waals surface area (Å²) in [6.45, 7) is 5.32. The highest BCUT2D eigenvalue weighted by molar-refractivity contribution is 6.46. The third kappa shape index (κ3) is 6.00. The van der Waals surface area contributed by atoms with Gasteiger partial charge < -0.3 is 19.5 Å². The lowest BCUT2D eigenvalue weighted by molar-refractivity contribution is -0.140. The molecule has 1 fully saturated rings. The van der Waals surface area contributed by atoms with Gasteiger partial charge in [-0.25, -0.2) is 0 Å². The van der Waals surface area contributed by atoms with Crippen molar-refractivity contribution in [1.82, 2.24) is 9.88 Å². The number of ether oxygens (including phenoxy) is 2. The van der Waals surface area contributed by atoms with Gasteiger partial charge in [-0.3, -0.25) is 14.6 Å². The van der Waals surface area contributed by atoms with Crippen molar-refractivity contribution in [2.45, 2.75) is 45.7 Å². The highest BCUT2D eigenvalue weighted by atomic mass is 16.5. The number of hydrogen-bond acceptors (Lipinski definition) is 6. The molecular weight excluding hydrogens is 468 g/mol. The lowest BCUT2D eigenvalue weighted by atomic mass is 9.95. The molecule has 7 heteroatoms. The van der Waals surface area contributed by atoms with Crippen LogP contribution in [0.2, 0.25) is 0 Å². The van der Waals surface area contributed by atoms with E-state index in [2.05, 4.69) is 11.9 Å². The predicted octanol–water partition coefficient (Wildman–Crippen LogP) is 5.67. The van der Waals surface area contributed by atoms with Crippen molar-refractivity contribution in [1.29, 1.82) is 0 Å². The minimum absolute atomic E-state index is 0.0475. The minimum Gasteiger partial charge on any atom is -0.507 e. The maximum Gasteiger partial charge on any atom is 0.295 e. The van der Waals surface area contributed by atoms with E-state index in [9.17, 15) is 14.7 Å². The molecule has 0 spiro atoms.